The predicted molar refractivity (Wildman–Crippen MR) is 41.7 cm³/mol. The summed E-state index contributed by atoms with van der Waals surface area (Å²) in [4.78, 5) is 0. The fourth-order valence-electron chi connectivity index (χ4n) is 0.563. The second-order valence-electron chi connectivity index (χ2n) is 2.45. The first kappa shape index (κ1) is 9.66. The number of aliphatic hydroxyl groups excluding tert-OH is 2. The van der Waals surface area contributed by atoms with Gasteiger partial charge in [0.25, 0.3) is 0 Å². The van der Waals surface area contributed by atoms with Gasteiger partial charge in [0.15, 0.2) is 0 Å². The lowest BCUT2D eigenvalue weighted by Crippen LogP contribution is -2.19. The van der Waals surface area contributed by atoms with Crippen LogP contribution in [-0.4, -0.2) is 22.4 Å². The summed E-state index contributed by atoms with van der Waals surface area (Å²) in [5, 5.41) is 17.8. The molecule has 2 N–H and O–H groups in total. The summed E-state index contributed by atoms with van der Waals surface area (Å²) in [6.45, 7) is 3.64. The number of hydrogen-bond acceptors (Lipinski definition) is 2. The molecule has 0 rings (SSSR count). The average Bonchev–Trinajstić information content (AvgIpc) is 1.88. The van der Waals surface area contributed by atoms with Crippen molar-refractivity contribution in [3.8, 4) is 0 Å². The van der Waals surface area contributed by atoms with Crippen LogP contribution in [0.1, 0.15) is 26.7 Å². The number of aliphatic hydroxyl groups is 2. The SMILES string of the molecule is CCCC=CC(O)C(C)O. The minimum Gasteiger partial charge on any atom is -0.390 e. The highest BCUT2D eigenvalue weighted by atomic mass is 16.3. The van der Waals surface area contributed by atoms with Gasteiger partial charge in [0.2, 0.25) is 0 Å². The molecular weight excluding hydrogens is 128 g/mol. The lowest BCUT2D eigenvalue weighted by Gasteiger charge is -2.06. The van der Waals surface area contributed by atoms with Crippen LogP contribution in [0.2, 0.25) is 0 Å². The Kier molecular flexibility index (Phi) is 5.26. The summed E-state index contributed by atoms with van der Waals surface area (Å²) in [7, 11) is 0. The van der Waals surface area contributed by atoms with Crippen LogP contribution in [0.5, 0.6) is 0 Å². The zero-order valence-corrected chi connectivity index (χ0v) is 6.62. The molecule has 0 bridgehead atoms. The summed E-state index contributed by atoms with van der Waals surface area (Å²) in [6, 6.07) is 0. The Morgan fingerprint density at radius 3 is 2.40 bits per heavy atom. The fourth-order valence-corrected chi connectivity index (χ4v) is 0.563. The van der Waals surface area contributed by atoms with Crippen molar-refractivity contribution in [2.75, 3.05) is 0 Å². The molecule has 0 saturated heterocycles. The van der Waals surface area contributed by atoms with E-state index in [1.807, 2.05) is 6.08 Å². The van der Waals surface area contributed by atoms with Gasteiger partial charge in [-0.1, -0.05) is 25.5 Å². The third-order valence-corrected chi connectivity index (χ3v) is 1.28. The first-order valence-corrected chi connectivity index (χ1v) is 3.71. The zero-order chi connectivity index (χ0) is 7.98. The number of unbranched alkanes of at least 4 members (excludes halogenated alkanes) is 1. The molecule has 0 aliphatic heterocycles. The van der Waals surface area contributed by atoms with Crippen LogP contribution >= 0.6 is 0 Å². The predicted octanol–water partition coefficient (Wildman–Crippen LogP) is 1.08. The van der Waals surface area contributed by atoms with Crippen LogP contribution in [0.15, 0.2) is 12.2 Å². The van der Waals surface area contributed by atoms with E-state index in [0.717, 1.165) is 12.8 Å². The molecule has 2 nitrogen and oxygen atoms in total. The van der Waals surface area contributed by atoms with Crippen molar-refractivity contribution in [1.82, 2.24) is 0 Å². The molecule has 2 atom stereocenters. The maximum Gasteiger partial charge on any atom is 0.0977 e. The normalized spacial score (nSPS) is 17.6. The van der Waals surface area contributed by atoms with Gasteiger partial charge in [0.1, 0.15) is 0 Å². The van der Waals surface area contributed by atoms with Gasteiger partial charge in [-0.25, -0.2) is 0 Å². The lowest BCUT2D eigenvalue weighted by molar-refractivity contribution is 0.0617. The Balaban J connectivity index is 3.45. The number of allylic oxidation sites excluding steroid dienone is 1. The Morgan fingerprint density at radius 2 is 2.00 bits per heavy atom. The number of hydrogen-bond donors (Lipinski definition) is 2. The Bertz CT molecular complexity index is 97.4. The van der Waals surface area contributed by atoms with E-state index >= 15 is 0 Å². The minimum atomic E-state index is -0.702. The van der Waals surface area contributed by atoms with E-state index in [2.05, 4.69) is 6.92 Å². The molecule has 0 aromatic rings. The maximum absolute atomic E-state index is 9.02. The van der Waals surface area contributed by atoms with Crippen molar-refractivity contribution in [3.05, 3.63) is 12.2 Å². The van der Waals surface area contributed by atoms with E-state index in [4.69, 9.17) is 10.2 Å². The van der Waals surface area contributed by atoms with Gasteiger partial charge in [0, 0.05) is 0 Å². The van der Waals surface area contributed by atoms with Crippen molar-refractivity contribution >= 4 is 0 Å². The van der Waals surface area contributed by atoms with Gasteiger partial charge in [-0.05, 0) is 13.3 Å². The molecule has 0 radical (unpaired) electrons. The van der Waals surface area contributed by atoms with E-state index < -0.39 is 12.2 Å². The van der Waals surface area contributed by atoms with E-state index in [9.17, 15) is 0 Å². The molecule has 2 heteroatoms. The fraction of sp³-hybridized carbons (Fsp3) is 0.750. The van der Waals surface area contributed by atoms with Gasteiger partial charge in [-0.15, -0.1) is 0 Å². The second-order valence-corrected chi connectivity index (χ2v) is 2.45. The minimum absolute atomic E-state index is 0.659. The molecule has 0 aromatic heterocycles. The van der Waals surface area contributed by atoms with Gasteiger partial charge in [-0.2, -0.15) is 0 Å². The molecule has 0 amide bonds. The average molecular weight is 144 g/mol. The Hall–Kier alpha value is -0.340. The van der Waals surface area contributed by atoms with Crippen molar-refractivity contribution in [2.45, 2.75) is 38.9 Å². The summed E-state index contributed by atoms with van der Waals surface area (Å²) in [6.07, 6.45) is 4.19. The summed E-state index contributed by atoms with van der Waals surface area (Å²) in [5.41, 5.74) is 0. The molecule has 0 heterocycles. The zero-order valence-electron chi connectivity index (χ0n) is 6.62. The second kappa shape index (κ2) is 5.45. The molecule has 0 saturated carbocycles. The van der Waals surface area contributed by atoms with E-state index in [0.29, 0.717) is 0 Å². The molecule has 0 aromatic carbocycles. The summed E-state index contributed by atoms with van der Waals surface area (Å²) >= 11 is 0. The largest absolute Gasteiger partial charge is 0.390 e. The highest BCUT2D eigenvalue weighted by Crippen LogP contribution is 1.96. The smallest absolute Gasteiger partial charge is 0.0977 e. The van der Waals surface area contributed by atoms with Crippen LogP contribution in [0, 0.1) is 0 Å². The Labute approximate surface area is 62.2 Å². The van der Waals surface area contributed by atoms with Gasteiger partial charge < -0.3 is 10.2 Å². The third-order valence-electron chi connectivity index (χ3n) is 1.28. The molecule has 0 fully saturated rings. The van der Waals surface area contributed by atoms with Crippen molar-refractivity contribution < 1.29 is 10.2 Å². The van der Waals surface area contributed by atoms with Crippen LogP contribution in [0.25, 0.3) is 0 Å². The highest BCUT2D eigenvalue weighted by molar-refractivity contribution is 4.90. The van der Waals surface area contributed by atoms with Crippen molar-refractivity contribution in [3.63, 3.8) is 0 Å². The monoisotopic (exact) mass is 144 g/mol. The topological polar surface area (TPSA) is 40.5 Å². The van der Waals surface area contributed by atoms with Gasteiger partial charge in [-0.3, -0.25) is 0 Å². The molecule has 60 valence electrons. The van der Waals surface area contributed by atoms with E-state index in [1.54, 1.807) is 13.0 Å². The van der Waals surface area contributed by atoms with Gasteiger partial charge in [0.05, 0.1) is 12.2 Å². The van der Waals surface area contributed by atoms with Crippen LogP contribution in [-0.2, 0) is 0 Å². The molecule has 0 aliphatic rings. The molecule has 0 spiro atoms. The quantitative estimate of drug-likeness (QED) is 0.580. The van der Waals surface area contributed by atoms with E-state index in [-0.39, 0.29) is 0 Å². The van der Waals surface area contributed by atoms with Crippen LogP contribution in [0.4, 0.5) is 0 Å². The highest BCUT2D eigenvalue weighted by Gasteiger charge is 2.04. The van der Waals surface area contributed by atoms with Crippen molar-refractivity contribution in [2.24, 2.45) is 0 Å². The van der Waals surface area contributed by atoms with Crippen LogP contribution in [0.3, 0.4) is 0 Å². The molecule has 10 heavy (non-hydrogen) atoms. The molecular formula is C8H16O2. The standard InChI is InChI=1S/C8H16O2/c1-3-4-5-6-8(10)7(2)9/h5-10H,3-4H2,1-2H3. The lowest BCUT2D eigenvalue weighted by atomic mass is 10.2. The molecule has 2 unspecified atom stereocenters. The number of rotatable bonds is 4. The van der Waals surface area contributed by atoms with Crippen LogP contribution < -0.4 is 0 Å². The molecule has 0 aliphatic carbocycles. The summed E-state index contributed by atoms with van der Waals surface area (Å²) in [5.74, 6) is 0. The first-order valence-electron chi connectivity index (χ1n) is 3.71. The van der Waals surface area contributed by atoms with Gasteiger partial charge >= 0.3 is 0 Å². The third kappa shape index (κ3) is 4.53. The summed E-state index contributed by atoms with van der Waals surface area (Å²) < 4.78 is 0. The Morgan fingerprint density at radius 1 is 1.40 bits per heavy atom. The van der Waals surface area contributed by atoms with E-state index in [1.165, 1.54) is 0 Å². The maximum atomic E-state index is 9.02. The first-order chi connectivity index (χ1) is 4.68. The van der Waals surface area contributed by atoms with Crippen molar-refractivity contribution in [1.29, 1.82) is 0 Å².